The number of allylic oxidation sites excluding steroid dienone is 1. The van der Waals surface area contributed by atoms with E-state index in [1.54, 1.807) is 36.4 Å². The Morgan fingerprint density at radius 2 is 1.70 bits per heavy atom. The first-order chi connectivity index (χ1) is 14.3. The Morgan fingerprint density at radius 3 is 2.30 bits per heavy atom. The normalized spacial score (nSPS) is 11.6. The fourth-order valence-electron chi connectivity index (χ4n) is 2.63. The van der Waals surface area contributed by atoms with Crippen LogP contribution in [0.1, 0.15) is 11.1 Å². The third-order valence-corrected chi connectivity index (χ3v) is 6.42. The summed E-state index contributed by atoms with van der Waals surface area (Å²) in [5, 5.41) is 9.56. The summed E-state index contributed by atoms with van der Waals surface area (Å²) >= 11 is 6.73. The van der Waals surface area contributed by atoms with Gasteiger partial charge in [0.2, 0.25) is 0 Å². The van der Waals surface area contributed by atoms with Crippen molar-refractivity contribution in [2.75, 3.05) is 7.11 Å². The van der Waals surface area contributed by atoms with Crippen LogP contribution in [-0.4, -0.2) is 15.5 Å². The highest BCUT2D eigenvalue weighted by Gasteiger charge is 2.21. The van der Waals surface area contributed by atoms with Crippen LogP contribution in [0.5, 0.6) is 11.5 Å². The van der Waals surface area contributed by atoms with Gasteiger partial charge >= 0.3 is 10.1 Å². The summed E-state index contributed by atoms with van der Waals surface area (Å²) in [5.41, 5.74) is 1.84. The molecule has 0 saturated heterocycles. The van der Waals surface area contributed by atoms with Crippen LogP contribution in [0.15, 0.2) is 80.6 Å². The molecule has 0 spiro atoms. The molecule has 0 amide bonds. The average molecular weight is 549 g/mol. The highest BCUT2D eigenvalue weighted by Crippen LogP contribution is 2.39. The van der Waals surface area contributed by atoms with E-state index in [0.29, 0.717) is 15.6 Å². The maximum Gasteiger partial charge on any atom is 0.339 e. The second-order valence-electron chi connectivity index (χ2n) is 6.06. The third kappa shape index (κ3) is 5.11. The molecule has 8 heteroatoms. The van der Waals surface area contributed by atoms with Crippen molar-refractivity contribution >= 4 is 53.6 Å². The van der Waals surface area contributed by atoms with E-state index in [0.717, 1.165) is 10.0 Å². The molecule has 0 aliphatic heterocycles. The van der Waals surface area contributed by atoms with Crippen LogP contribution in [0.25, 0.3) is 11.6 Å². The molecule has 3 aromatic rings. The Labute approximate surface area is 192 Å². The van der Waals surface area contributed by atoms with Gasteiger partial charge in [-0.1, -0.05) is 46.3 Å². The molecule has 0 saturated carbocycles. The predicted octanol–water partition coefficient (Wildman–Crippen LogP) is 6.05. The topological polar surface area (TPSA) is 76.4 Å². The van der Waals surface area contributed by atoms with Gasteiger partial charge in [0.15, 0.2) is 11.5 Å². The van der Waals surface area contributed by atoms with Gasteiger partial charge in [-0.2, -0.15) is 13.7 Å². The number of nitrogens with zero attached hydrogens (tertiary/aromatic N) is 1. The molecule has 0 radical (unpaired) electrons. The number of nitriles is 1. The van der Waals surface area contributed by atoms with Crippen LogP contribution in [0.3, 0.4) is 0 Å². The zero-order chi connectivity index (χ0) is 21.7. The van der Waals surface area contributed by atoms with E-state index in [2.05, 4.69) is 37.9 Å². The van der Waals surface area contributed by atoms with E-state index >= 15 is 0 Å². The van der Waals surface area contributed by atoms with Crippen LogP contribution in [-0.2, 0) is 10.1 Å². The summed E-state index contributed by atoms with van der Waals surface area (Å²) in [6.45, 7) is 0. The minimum atomic E-state index is -4.04. The van der Waals surface area contributed by atoms with Gasteiger partial charge in [-0.25, -0.2) is 0 Å². The molecule has 0 aliphatic carbocycles. The molecule has 0 unspecified atom stereocenters. The smallest absolute Gasteiger partial charge is 0.339 e. The van der Waals surface area contributed by atoms with Gasteiger partial charge in [0.25, 0.3) is 0 Å². The molecule has 0 aromatic heterocycles. The van der Waals surface area contributed by atoms with Crippen LogP contribution >= 0.6 is 31.9 Å². The first kappa shape index (κ1) is 22.1. The second-order valence-corrected chi connectivity index (χ2v) is 9.38. The minimum Gasteiger partial charge on any atom is -0.493 e. The van der Waals surface area contributed by atoms with E-state index < -0.39 is 10.1 Å². The summed E-state index contributed by atoms with van der Waals surface area (Å²) in [7, 11) is -2.62. The van der Waals surface area contributed by atoms with Crippen molar-refractivity contribution in [3.05, 3.63) is 86.8 Å². The van der Waals surface area contributed by atoms with E-state index in [1.165, 1.54) is 19.2 Å². The molecule has 0 atom stereocenters. The fraction of sp³-hybridized carbons (Fsp3) is 0.0455. The van der Waals surface area contributed by atoms with Gasteiger partial charge in [0.05, 0.1) is 23.2 Å². The van der Waals surface area contributed by atoms with Crippen molar-refractivity contribution in [1.82, 2.24) is 0 Å². The summed E-state index contributed by atoms with van der Waals surface area (Å²) < 4.78 is 37.1. The molecule has 0 bridgehead atoms. The van der Waals surface area contributed by atoms with Crippen LogP contribution in [0, 0.1) is 11.3 Å². The van der Waals surface area contributed by atoms with Gasteiger partial charge in [-0.3, -0.25) is 0 Å². The molecule has 5 nitrogen and oxygen atoms in total. The first-order valence-electron chi connectivity index (χ1n) is 8.59. The molecular formula is C22H15Br2NO4S. The molecule has 0 heterocycles. The molecule has 0 fully saturated rings. The minimum absolute atomic E-state index is 0.0284. The zero-order valence-corrected chi connectivity index (χ0v) is 19.7. The predicted molar refractivity (Wildman–Crippen MR) is 123 cm³/mol. The quantitative estimate of drug-likeness (QED) is 0.213. The van der Waals surface area contributed by atoms with Crippen molar-refractivity contribution in [3.63, 3.8) is 0 Å². The summed E-state index contributed by atoms with van der Waals surface area (Å²) in [4.78, 5) is 0.0323. The van der Waals surface area contributed by atoms with Crippen molar-refractivity contribution in [2.45, 2.75) is 4.90 Å². The van der Waals surface area contributed by atoms with Gasteiger partial charge in [-0.15, -0.1) is 0 Å². The first-order valence-corrected chi connectivity index (χ1v) is 11.6. The lowest BCUT2D eigenvalue weighted by molar-refractivity contribution is 0.389. The summed E-state index contributed by atoms with van der Waals surface area (Å²) in [6.07, 6.45) is 1.69. The Balaban J connectivity index is 2.00. The number of hydrogen-bond donors (Lipinski definition) is 0. The van der Waals surface area contributed by atoms with Crippen molar-refractivity contribution < 1.29 is 17.3 Å². The van der Waals surface area contributed by atoms with Crippen molar-refractivity contribution in [2.24, 2.45) is 0 Å². The van der Waals surface area contributed by atoms with Crippen molar-refractivity contribution in [3.8, 4) is 17.6 Å². The summed E-state index contributed by atoms with van der Waals surface area (Å²) in [6, 6.07) is 20.6. The molecular weight excluding hydrogens is 534 g/mol. The Kier molecular flexibility index (Phi) is 6.98. The van der Waals surface area contributed by atoms with E-state index in [-0.39, 0.29) is 16.4 Å². The Bertz CT molecular complexity index is 1230. The molecule has 152 valence electrons. The number of halogens is 2. The molecule has 3 aromatic carbocycles. The van der Waals surface area contributed by atoms with Crippen LogP contribution in [0.4, 0.5) is 0 Å². The van der Waals surface area contributed by atoms with Gasteiger partial charge in [0.1, 0.15) is 4.90 Å². The highest BCUT2D eigenvalue weighted by molar-refractivity contribution is 9.10. The number of hydrogen-bond acceptors (Lipinski definition) is 5. The van der Waals surface area contributed by atoms with E-state index in [9.17, 15) is 13.7 Å². The van der Waals surface area contributed by atoms with Crippen LogP contribution in [0.2, 0.25) is 0 Å². The Hall–Kier alpha value is -2.60. The lowest BCUT2D eigenvalue weighted by atomic mass is 10.0. The summed E-state index contributed by atoms with van der Waals surface area (Å²) in [5.74, 6) is 0.240. The number of benzene rings is 3. The largest absolute Gasteiger partial charge is 0.493 e. The fourth-order valence-corrected chi connectivity index (χ4v) is 4.52. The van der Waals surface area contributed by atoms with Crippen molar-refractivity contribution in [1.29, 1.82) is 5.26 Å². The average Bonchev–Trinajstić information content (AvgIpc) is 2.75. The lowest BCUT2D eigenvalue weighted by Crippen LogP contribution is -2.10. The van der Waals surface area contributed by atoms with Crippen LogP contribution < -0.4 is 8.92 Å². The Morgan fingerprint density at radius 1 is 1.03 bits per heavy atom. The SMILES string of the molecule is COc1cc(/C=C(\C#N)c2ccc(Br)cc2)cc(Br)c1OS(=O)(=O)c1ccccc1. The second kappa shape index (κ2) is 9.47. The van der Waals surface area contributed by atoms with E-state index in [1.807, 2.05) is 24.3 Å². The number of rotatable bonds is 6. The number of ether oxygens (including phenoxy) is 1. The monoisotopic (exact) mass is 547 g/mol. The maximum absolute atomic E-state index is 12.6. The third-order valence-electron chi connectivity index (χ3n) is 4.06. The molecule has 30 heavy (non-hydrogen) atoms. The van der Waals surface area contributed by atoms with E-state index in [4.69, 9.17) is 8.92 Å². The standard InChI is InChI=1S/C22H15Br2NO4S/c1-28-21-13-15(11-17(14-25)16-7-9-18(23)10-8-16)12-20(24)22(21)29-30(26,27)19-5-3-2-4-6-19/h2-13H,1H3/b17-11+. The van der Waals surface area contributed by atoms with Gasteiger partial charge in [-0.05, 0) is 69.5 Å². The molecule has 0 aliphatic rings. The van der Waals surface area contributed by atoms with Gasteiger partial charge < -0.3 is 8.92 Å². The maximum atomic E-state index is 12.6. The zero-order valence-electron chi connectivity index (χ0n) is 15.7. The number of methoxy groups -OCH3 is 1. The lowest BCUT2D eigenvalue weighted by Gasteiger charge is -2.13. The van der Waals surface area contributed by atoms with Gasteiger partial charge in [0, 0.05) is 4.47 Å². The highest BCUT2D eigenvalue weighted by atomic mass is 79.9. The molecule has 3 rings (SSSR count). The molecule has 0 N–H and O–H groups in total.